The predicted molar refractivity (Wildman–Crippen MR) is 71.6 cm³/mol. The maximum Gasteiger partial charge on any atom is -0.0184 e. The number of rotatable bonds is 2. The second-order valence-corrected chi connectivity index (χ2v) is 3.42. The highest BCUT2D eigenvalue weighted by Gasteiger charge is 1.95. The van der Waals surface area contributed by atoms with Crippen molar-refractivity contribution in [1.82, 2.24) is 0 Å². The molecule has 0 radical (unpaired) electrons. The minimum Gasteiger partial charge on any atom is -0.197 e. The van der Waals surface area contributed by atoms with Crippen LogP contribution in [0.2, 0.25) is 0 Å². The van der Waals surface area contributed by atoms with E-state index in [4.69, 9.17) is 0 Å². The van der Waals surface area contributed by atoms with E-state index in [0.29, 0.717) is 0 Å². The van der Waals surface area contributed by atoms with Gasteiger partial charge in [0.1, 0.15) is 0 Å². The molecule has 2 aromatic rings. The van der Waals surface area contributed by atoms with Crippen LogP contribution in [0.5, 0.6) is 0 Å². The Morgan fingerprint density at radius 1 is 0.733 bits per heavy atom. The topological polar surface area (TPSA) is 0 Å². The number of aryl methyl sites for hydroxylation is 1. The molecule has 0 N–H and O–H groups in total. The van der Waals surface area contributed by atoms with E-state index in [2.05, 4.69) is 55.5 Å². The Hall–Kier alpha value is -1.21. The molecule has 0 fully saturated rings. The Morgan fingerprint density at radius 2 is 1.27 bits per heavy atom. The Bertz CT molecular complexity index is 389. The molecule has 2 aromatic carbocycles. The lowest BCUT2D eigenvalue weighted by atomic mass is 10.0. The summed E-state index contributed by atoms with van der Waals surface area (Å²) in [4.78, 5) is 0. The summed E-state index contributed by atoms with van der Waals surface area (Å²) < 4.78 is 0. The third kappa shape index (κ3) is 2.87. The fourth-order valence-electron chi connectivity index (χ4n) is 1.56. The molecular formula is C14H16S. The molecule has 0 nitrogen and oxygen atoms in total. The molecule has 0 unspecified atom stereocenters. The van der Waals surface area contributed by atoms with Crippen LogP contribution in [0.3, 0.4) is 0 Å². The van der Waals surface area contributed by atoms with E-state index < -0.39 is 0 Å². The lowest BCUT2D eigenvalue weighted by molar-refractivity contribution is 1.14. The van der Waals surface area contributed by atoms with Crippen LogP contribution < -0.4 is 0 Å². The maximum absolute atomic E-state index is 2.20. The lowest BCUT2D eigenvalue weighted by Crippen LogP contribution is -1.80. The highest BCUT2D eigenvalue weighted by Crippen LogP contribution is 2.19. The molecule has 0 aliphatic heterocycles. The third-order valence-electron chi connectivity index (χ3n) is 2.47. The normalized spacial score (nSPS) is 9.40. The zero-order valence-corrected chi connectivity index (χ0v) is 9.90. The Balaban J connectivity index is 0.00000112. The number of hydrogen-bond acceptors (Lipinski definition) is 0. The molecule has 0 bridgehead atoms. The van der Waals surface area contributed by atoms with Crippen LogP contribution in [-0.2, 0) is 6.42 Å². The minimum atomic E-state index is 0. The van der Waals surface area contributed by atoms with E-state index in [1.54, 1.807) is 0 Å². The average molecular weight is 216 g/mol. The average Bonchev–Trinajstić information content (AvgIpc) is 2.30. The Morgan fingerprint density at radius 3 is 1.80 bits per heavy atom. The van der Waals surface area contributed by atoms with Gasteiger partial charge in [-0.05, 0) is 23.1 Å². The van der Waals surface area contributed by atoms with Crippen LogP contribution in [-0.4, -0.2) is 0 Å². The van der Waals surface area contributed by atoms with Crippen molar-refractivity contribution < 1.29 is 0 Å². The monoisotopic (exact) mass is 216 g/mol. The van der Waals surface area contributed by atoms with Gasteiger partial charge < -0.3 is 0 Å². The molecule has 0 atom stereocenters. The van der Waals surface area contributed by atoms with Gasteiger partial charge in [0.15, 0.2) is 0 Å². The zero-order valence-electron chi connectivity index (χ0n) is 8.90. The zero-order chi connectivity index (χ0) is 9.80. The van der Waals surface area contributed by atoms with E-state index in [9.17, 15) is 0 Å². The summed E-state index contributed by atoms with van der Waals surface area (Å²) in [5.74, 6) is 0. The molecule has 0 aliphatic carbocycles. The lowest BCUT2D eigenvalue weighted by Gasteiger charge is -2.02. The first kappa shape index (κ1) is 11.9. The van der Waals surface area contributed by atoms with Gasteiger partial charge in [0.05, 0.1) is 0 Å². The summed E-state index contributed by atoms with van der Waals surface area (Å²) in [6.07, 6.45) is 1.11. The molecule has 0 saturated heterocycles. The summed E-state index contributed by atoms with van der Waals surface area (Å²) in [6, 6.07) is 19.2. The smallest absolute Gasteiger partial charge is 0.0184 e. The van der Waals surface area contributed by atoms with Crippen molar-refractivity contribution in [2.45, 2.75) is 13.3 Å². The fourth-order valence-corrected chi connectivity index (χ4v) is 1.56. The molecule has 0 spiro atoms. The van der Waals surface area contributed by atoms with Gasteiger partial charge in [-0.2, -0.15) is 13.5 Å². The standard InChI is InChI=1S/C14H14.H2S/c1-2-12-8-10-14(11-9-12)13-6-4-3-5-7-13;/h3-11H,2H2,1H3;1H2. The Labute approximate surface area is 98.4 Å². The van der Waals surface area contributed by atoms with Crippen LogP contribution in [0.25, 0.3) is 11.1 Å². The summed E-state index contributed by atoms with van der Waals surface area (Å²) >= 11 is 0. The van der Waals surface area contributed by atoms with Gasteiger partial charge in [0.25, 0.3) is 0 Å². The predicted octanol–water partition coefficient (Wildman–Crippen LogP) is 4.03. The summed E-state index contributed by atoms with van der Waals surface area (Å²) in [5.41, 5.74) is 3.97. The van der Waals surface area contributed by atoms with Gasteiger partial charge >= 0.3 is 0 Å². The highest BCUT2D eigenvalue weighted by atomic mass is 32.1. The van der Waals surface area contributed by atoms with Gasteiger partial charge in [-0.15, -0.1) is 0 Å². The molecule has 78 valence electrons. The van der Waals surface area contributed by atoms with Crippen LogP contribution in [0, 0.1) is 0 Å². The van der Waals surface area contributed by atoms with Crippen molar-refractivity contribution in [3.8, 4) is 11.1 Å². The molecule has 0 aromatic heterocycles. The van der Waals surface area contributed by atoms with Crippen LogP contribution in [0.15, 0.2) is 54.6 Å². The molecule has 0 heterocycles. The van der Waals surface area contributed by atoms with Gasteiger partial charge in [-0.25, -0.2) is 0 Å². The quantitative estimate of drug-likeness (QED) is 0.711. The number of benzene rings is 2. The molecule has 15 heavy (non-hydrogen) atoms. The second kappa shape index (κ2) is 5.62. The first-order valence-corrected chi connectivity index (χ1v) is 5.04. The second-order valence-electron chi connectivity index (χ2n) is 3.42. The summed E-state index contributed by atoms with van der Waals surface area (Å²) in [7, 11) is 0. The minimum absolute atomic E-state index is 0. The SMILES string of the molecule is CCc1ccc(-c2ccccc2)cc1.S. The van der Waals surface area contributed by atoms with Crippen molar-refractivity contribution >= 4 is 13.5 Å². The van der Waals surface area contributed by atoms with Crippen molar-refractivity contribution in [2.24, 2.45) is 0 Å². The van der Waals surface area contributed by atoms with Gasteiger partial charge in [-0.3, -0.25) is 0 Å². The Kier molecular flexibility index (Phi) is 4.44. The third-order valence-corrected chi connectivity index (χ3v) is 2.47. The summed E-state index contributed by atoms with van der Waals surface area (Å²) in [5, 5.41) is 0. The van der Waals surface area contributed by atoms with Crippen LogP contribution >= 0.6 is 13.5 Å². The first-order chi connectivity index (χ1) is 6.90. The van der Waals surface area contributed by atoms with Crippen molar-refractivity contribution in [1.29, 1.82) is 0 Å². The number of hydrogen-bond donors (Lipinski definition) is 0. The van der Waals surface area contributed by atoms with Gasteiger partial charge in [-0.1, -0.05) is 61.5 Å². The molecule has 2 rings (SSSR count). The van der Waals surface area contributed by atoms with Crippen LogP contribution in [0.1, 0.15) is 12.5 Å². The van der Waals surface area contributed by atoms with Crippen molar-refractivity contribution in [2.75, 3.05) is 0 Å². The van der Waals surface area contributed by atoms with Gasteiger partial charge in [0.2, 0.25) is 0 Å². The highest BCUT2D eigenvalue weighted by molar-refractivity contribution is 7.59. The fraction of sp³-hybridized carbons (Fsp3) is 0.143. The van der Waals surface area contributed by atoms with E-state index in [1.807, 2.05) is 6.07 Å². The van der Waals surface area contributed by atoms with Gasteiger partial charge in [0, 0.05) is 0 Å². The largest absolute Gasteiger partial charge is 0.197 e. The van der Waals surface area contributed by atoms with Crippen molar-refractivity contribution in [3.05, 3.63) is 60.2 Å². The van der Waals surface area contributed by atoms with E-state index in [0.717, 1.165) is 6.42 Å². The first-order valence-electron chi connectivity index (χ1n) is 5.04. The van der Waals surface area contributed by atoms with E-state index in [-0.39, 0.29) is 13.5 Å². The molecule has 0 amide bonds. The molecule has 1 heteroatoms. The van der Waals surface area contributed by atoms with Crippen molar-refractivity contribution in [3.63, 3.8) is 0 Å². The maximum atomic E-state index is 2.20. The molecule has 0 aliphatic rings. The van der Waals surface area contributed by atoms with E-state index in [1.165, 1.54) is 16.7 Å². The van der Waals surface area contributed by atoms with E-state index >= 15 is 0 Å². The van der Waals surface area contributed by atoms with Crippen LogP contribution in [0.4, 0.5) is 0 Å². The molecular weight excluding hydrogens is 200 g/mol. The molecule has 0 saturated carbocycles. The summed E-state index contributed by atoms with van der Waals surface area (Å²) in [6.45, 7) is 2.18.